The van der Waals surface area contributed by atoms with Gasteiger partial charge < -0.3 is 10.1 Å². The van der Waals surface area contributed by atoms with Gasteiger partial charge in [-0.05, 0) is 59.3 Å². The van der Waals surface area contributed by atoms with E-state index >= 15 is 0 Å². The third-order valence-corrected chi connectivity index (χ3v) is 5.98. The second kappa shape index (κ2) is 11.9. The Labute approximate surface area is 227 Å². The smallest absolute Gasteiger partial charge is 0.345 e. The second-order valence-electron chi connectivity index (χ2n) is 7.69. The highest BCUT2D eigenvalue weighted by molar-refractivity contribution is 6.36. The molecule has 186 valence electrons. The summed E-state index contributed by atoms with van der Waals surface area (Å²) in [6, 6.07) is 21.5. The molecule has 0 bridgehead atoms. The summed E-state index contributed by atoms with van der Waals surface area (Å²) in [4.78, 5) is 37.2. The first kappa shape index (κ1) is 26.2. The molecule has 0 aliphatic carbocycles. The number of ether oxygens (including phenoxy) is 1. The lowest BCUT2D eigenvalue weighted by Crippen LogP contribution is -2.34. The largest absolute Gasteiger partial charge is 0.422 e. The molecule has 0 spiro atoms. The van der Waals surface area contributed by atoms with Crippen molar-refractivity contribution in [3.8, 4) is 5.75 Å². The van der Waals surface area contributed by atoms with Crippen LogP contribution in [0.5, 0.6) is 5.75 Å². The van der Waals surface area contributed by atoms with Gasteiger partial charge in [-0.2, -0.15) is 5.10 Å². The molecule has 0 radical (unpaired) electrons. The average molecular weight is 555 g/mol. The van der Waals surface area contributed by atoms with Gasteiger partial charge in [0.15, 0.2) is 0 Å². The van der Waals surface area contributed by atoms with Crippen molar-refractivity contribution in [3.63, 3.8) is 0 Å². The first-order chi connectivity index (χ1) is 17.8. The molecule has 4 aromatic carbocycles. The first-order valence-corrected chi connectivity index (χ1v) is 12.0. The number of benzene rings is 4. The number of carbonyl (C=O) groups is 3. The van der Waals surface area contributed by atoms with E-state index in [-0.39, 0.29) is 22.9 Å². The Balaban J connectivity index is 1.48. The number of fused-ring (bicyclic) bond motifs is 1. The van der Waals surface area contributed by atoms with Gasteiger partial charge in [-0.25, -0.2) is 10.2 Å². The molecule has 37 heavy (non-hydrogen) atoms. The van der Waals surface area contributed by atoms with Gasteiger partial charge in [0, 0.05) is 21.2 Å². The number of nitrogens with zero attached hydrogens (tertiary/aromatic N) is 1. The van der Waals surface area contributed by atoms with Gasteiger partial charge in [0.25, 0.3) is 11.8 Å². The molecule has 10 heteroatoms. The molecule has 0 fully saturated rings. The zero-order chi connectivity index (χ0) is 26.4. The Morgan fingerprint density at radius 3 is 2.35 bits per heavy atom. The Kier molecular flexibility index (Phi) is 8.40. The first-order valence-electron chi connectivity index (χ1n) is 10.9. The lowest BCUT2D eigenvalue weighted by molar-refractivity contribution is -0.120. The standard InChI is InChI=1S/C27H18Cl3N3O4/c28-18-8-5-17(6-9-18)26(35)31-15-25(34)33-32-14-22-20-4-2-1-3-16(20)7-12-24(22)37-27(36)21-11-10-19(29)13-23(21)30/h1-14H,15H2,(H,31,35)(H,33,34)/b32-14+. The molecule has 2 N–H and O–H groups in total. The summed E-state index contributed by atoms with van der Waals surface area (Å²) in [6.07, 6.45) is 1.37. The van der Waals surface area contributed by atoms with Crippen molar-refractivity contribution in [2.45, 2.75) is 0 Å². The molecule has 0 saturated heterocycles. The van der Waals surface area contributed by atoms with E-state index in [4.69, 9.17) is 39.5 Å². The van der Waals surface area contributed by atoms with E-state index < -0.39 is 17.8 Å². The maximum absolute atomic E-state index is 12.8. The van der Waals surface area contributed by atoms with Crippen molar-refractivity contribution >= 4 is 69.6 Å². The molecule has 0 unspecified atom stereocenters. The van der Waals surface area contributed by atoms with Gasteiger partial charge >= 0.3 is 5.97 Å². The molecule has 4 aromatic rings. The minimum absolute atomic E-state index is 0.145. The monoisotopic (exact) mass is 553 g/mol. The molecule has 4 rings (SSSR count). The number of halogens is 3. The number of amides is 2. The number of esters is 1. The van der Waals surface area contributed by atoms with Crippen LogP contribution in [-0.4, -0.2) is 30.5 Å². The van der Waals surface area contributed by atoms with Crippen LogP contribution in [-0.2, 0) is 4.79 Å². The van der Waals surface area contributed by atoms with Crippen LogP contribution in [0.15, 0.2) is 84.0 Å². The van der Waals surface area contributed by atoms with Crippen LogP contribution < -0.4 is 15.5 Å². The highest BCUT2D eigenvalue weighted by Crippen LogP contribution is 2.29. The van der Waals surface area contributed by atoms with Crippen molar-refractivity contribution in [2.75, 3.05) is 6.54 Å². The summed E-state index contributed by atoms with van der Waals surface area (Å²) in [7, 11) is 0. The fourth-order valence-electron chi connectivity index (χ4n) is 3.38. The molecule has 0 aliphatic heterocycles. The quantitative estimate of drug-likeness (QED) is 0.129. The van der Waals surface area contributed by atoms with Gasteiger partial charge in [-0.1, -0.05) is 65.1 Å². The summed E-state index contributed by atoms with van der Waals surface area (Å²) < 4.78 is 5.62. The summed E-state index contributed by atoms with van der Waals surface area (Å²) in [5.41, 5.74) is 3.33. The third kappa shape index (κ3) is 6.65. The summed E-state index contributed by atoms with van der Waals surface area (Å²) in [5, 5.41) is 9.15. The van der Waals surface area contributed by atoms with Crippen molar-refractivity contribution in [2.24, 2.45) is 5.10 Å². The van der Waals surface area contributed by atoms with E-state index in [0.717, 1.165) is 10.8 Å². The molecule has 0 atom stereocenters. The minimum atomic E-state index is -0.680. The van der Waals surface area contributed by atoms with Crippen LogP contribution in [0.3, 0.4) is 0 Å². The van der Waals surface area contributed by atoms with Crippen LogP contribution in [0.25, 0.3) is 10.8 Å². The van der Waals surface area contributed by atoms with Crippen LogP contribution in [0, 0.1) is 0 Å². The van der Waals surface area contributed by atoms with Crippen LogP contribution in [0.1, 0.15) is 26.3 Å². The Bertz CT molecular complexity index is 1520. The highest BCUT2D eigenvalue weighted by Gasteiger charge is 2.16. The normalized spacial score (nSPS) is 10.9. The molecular formula is C27H18Cl3N3O4. The summed E-state index contributed by atoms with van der Waals surface area (Å²) >= 11 is 17.9. The summed E-state index contributed by atoms with van der Waals surface area (Å²) in [5.74, 6) is -1.45. The van der Waals surface area contributed by atoms with Crippen molar-refractivity contribution in [3.05, 3.63) is 111 Å². The van der Waals surface area contributed by atoms with Gasteiger partial charge in [0.05, 0.1) is 23.3 Å². The molecule has 7 nitrogen and oxygen atoms in total. The summed E-state index contributed by atoms with van der Waals surface area (Å²) in [6.45, 7) is -0.300. The van der Waals surface area contributed by atoms with E-state index in [2.05, 4.69) is 15.8 Å². The predicted octanol–water partition coefficient (Wildman–Crippen LogP) is 5.90. The maximum atomic E-state index is 12.8. The number of hydrogen-bond acceptors (Lipinski definition) is 5. The molecular weight excluding hydrogens is 537 g/mol. The van der Waals surface area contributed by atoms with E-state index in [1.54, 1.807) is 36.4 Å². The Morgan fingerprint density at radius 2 is 1.59 bits per heavy atom. The zero-order valence-corrected chi connectivity index (χ0v) is 21.3. The highest BCUT2D eigenvalue weighted by atomic mass is 35.5. The third-order valence-electron chi connectivity index (χ3n) is 5.18. The fourth-order valence-corrected chi connectivity index (χ4v) is 3.99. The van der Waals surface area contributed by atoms with Crippen molar-refractivity contribution < 1.29 is 19.1 Å². The van der Waals surface area contributed by atoms with E-state index in [1.165, 1.54) is 24.4 Å². The topological polar surface area (TPSA) is 96.9 Å². The predicted molar refractivity (Wildman–Crippen MR) is 145 cm³/mol. The second-order valence-corrected chi connectivity index (χ2v) is 8.98. The SMILES string of the molecule is O=C(CNC(=O)c1ccc(Cl)cc1)N/N=C/c1c(OC(=O)c2ccc(Cl)cc2Cl)ccc2ccccc12. The number of nitrogens with one attached hydrogen (secondary N) is 2. The molecule has 0 saturated carbocycles. The molecule has 0 aliphatic rings. The van der Waals surface area contributed by atoms with Crippen LogP contribution in [0.4, 0.5) is 0 Å². The van der Waals surface area contributed by atoms with Crippen LogP contribution >= 0.6 is 34.8 Å². The lowest BCUT2D eigenvalue weighted by Gasteiger charge is -2.11. The number of rotatable bonds is 7. The van der Waals surface area contributed by atoms with Crippen LogP contribution in [0.2, 0.25) is 15.1 Å². The van der Waals surface area contributed by atoms with E-state index in [9.17, 15) is 14.4 Å². The Hall–Kier alpha value is -3.91. The molecule has 0 heterocycles. The Morgan fingerprint density at radius 1 is 0.865 bits per heavy atom. The lowest BCUT2D eigenvalue weighted by atomic mass is 10.0. The van der Waals surface area contributed by atoms with Gasteiger partial charge in [-0.3, -0.25) is 9.59 Å². The van der Waals surface area contributed by atoms with E-state index in [0.29, 0.717) is 21.2 Å². The van der Waals surface area contributed by atoms with Gasteiger partial charge in [0.2, 0.25) is 0 Å². The molecule has 2 amide bonds. The fraction of sp³-hybridized carbons (Fsp3) is 0.0370. The number of carbonyl (C=O) groups excluding carboxylic acids is 3. The maximum Gasteiger partial charge on any atom is 0.345 e. The van der Waals surface area contributed by atoms with Gasteiger partial charge in [0.1, 0.15) is 5.75 Å². The minimum Gasteiger partial charge on any atom is -0.422 e. The average Bonchev–Trinajstić information content (AvgIpc) is 2.88. The van der Waals surface area contributed by atoms with Gasteiger partial charge in [-0.15, -0.1) is 0 Å². The zero-order valence-electron chi connectivity index (χ0n) is 19.0. The molecule has 0 aromatic heterocycles. The number of hydrogen-bond donors (Lipinski definition) is 2. The van der Waals surface area contributed by atoms with E-state index in [1.807, 2.05) is 24.3 Å². The van der Waals surface area contributed by atoms with Crippen molar-refractivity contribution in [1.29, 1.82) is 0 Å². The van der Waals surface area contributed by atoms with Crippen molar-refractivity contribution in [1.82, 2.24) is 10.7 Å². The number of hydrazone groups is 1.